The minimum Gasteiger partial charge on any atom is -0.344 e. The first-order valence-electron chi connectivity index (χ1n) is 7.70. The van der Waals surface area contributed by atoms with Crippen molar-refractivity contribution in [2.75, 3.05) is 6.54 Å². The number of rotatable bonds is 6. The van der Waals surface area contributed by atoms with Crippen LogP contribution in [0.5, 0.6) is 0 Å². The first kappa shape index (κ1) is 19.2. The molecule has 23 heavy (non-hydrogen) atoms. The minimum absolute atomic E-state index is 0. The van der Waals surface area contributed by atoms with Gasteiger partial charge in [-0.05, 0) is 38.0 Å². The second-order valence-electron chi connectivity index (χ2n) is 5.56. The maximum atomic E-state index is 12.5. The number of halogens is 1. The minimum atomic E-state index is -0.360. The molecule has 2 aromatic rings. The number of hydrogen-bond donors (Lipinski definition) is 2. The summed E-state index contributed by atoms with van der Waals surface area (Å²) < 4.78 is 1.77. The van der Waals surface area contributed by atoms with Gasteiger partial charge in [-0.3, -0.25) is 4.79 Å². The van der Waals surface area contributed by atoms with Crippen molar-refractivity contribution in [1.29, 1.82) is 0 Å². The number of hydrogen-bond acceptors (Lipinski definition) is 3. The average molecular weight is 337 g/mol. The number of carbonyl (C=O) groups is 1. The topological polar surface area (TPSA) is 72.9 Å². The Morgan fingerprint density at radius 3 is 2.39 bits per heavy atom. The van der Waals surface area contributed by atoms with E-state index in [4.69, 9.17) is 5.73 Å². The van der Waals surface area contributed by atoms with E-state index in [0.29, 0.717) is 12.2 Å². The first-order valence-corrected chi connectivity index (χ1v) is 7.70. The van der Waals surface area contributed by atoms with Crippen LogP contribution in [-0.2, 0) is 0 Å². The van der Waals surface area contributed by atoms with Crippen LogP contribution < -0.4 is 11.1 Å². The molecule has 1 heterocycles. The maximum absolute atomic E-state index is 12.5. The van der Waals surface area contributed by atoms with Gasteiger partial charge in [-0.15, -0.1) is 12.4 Å². The van der Waals surface area contributed by atoms with E-state index in [2.05, 4.69) is 10.4 Å². The lowest BCUT2D eigenvalue weighted by molar-refractivity contribution is 0.0889. The zero-order valence-electron chi connectivity index (χ0n) is 13.9. The second-order valence-corrected chi connectivity index (χ2v) is 5.56. The number of para-hydroxylation sites is 1. The first-order chi connectivity index (χ1) is 10.5. The third-order valence-electron chi connectivity index (χ3n) is 4.24. The highest BCUT2D eigenvalue weighted by molar-refractivity contribution is 5.93. The molecule has 0 fully saturated rings. The lowest BCUT2D eigenvalue weighted by atomic mass is 9.93. The fourth-order valence-corrected chi connectivity index (χ4v) is 2.49. The second kappa shape index (κ2) is 8.13. The summed E-state index contributed by atoms with van der Waals surface area (Å²) in [6, 6.07) is 11.6. The van der Waals surface area contributed by atoms with Crippen LogP contribution in [0.15, 0.2) is 36.4 Å². The van der Waals surface area contributed by atoms with Crippen molar-refractivity contribution < 1.29 is 4.79 Å². The molecule has 0 bridgehead atoms. The maximum Gasteiger partial charge on any atom is 0.272 e. The number of carbonyl (C=O) groups excluding carboxylic acids is 1. The SMILES string of the molecule is CCC(CC)(CN)NC(=O)c1cc(C)n(-c2ccccc2)n1.Cl. The fourth-order valence-electron chi connectivity index (χ4n) is 2.49. The van der Waals surface area contributed by atoms with Gasteiger partial charge in [-0.25, -0.2) is 4.68 Å². The quantitative estimate of drug-likeness (QED) is 0.852. The molecule has 0 unspecified atom stereocenters. The van der Waals surface area contributed by atoms with E-state index in [9.17, 15) is 4.79 Å². The summed E-state index contributed by atoms with van der Waals surface area (Å²) in [5.74, 6) is -0.174. The monoisotopic (exact) mass is 336 g/mol. The van der Waals surface area contributed by atoms with Crippen molar-refractivity contribution >= 4 is 18.3 Å². The molecule has 0 spiro atoms. The van der Waals surface area contributed by atoms with Crippen LogP contribution in [0.25, 0.3) is 5.69 Å². The van der Waals surface area contributed by atoms with Crippen LogP contribution >= 0.6 is 12.4 Å². The van der Waals surface area contributed by atoms with Gasteiger partial charge in [0.05, 0.1) is 11.2 Å². The predicted octanol–water partition coefficient (Wildman–Crippen LogP) is 2.85. The summed E-state index contributed by atoms with van der Waals surface area (Å²) >= 11 is 0. The molecule has 0 saturated heterocycles. The summed E-state index contributed by atoms with van der Waals surface area (Å²) in [5, 5.41) is 7.48. The normalized spacial score (nSPS) is 11.0. The van der Waals surface area contributed by atoms with Gasteiger partial charge in [-0.1, -0.05) is 32.0 Å². The van der Waals surface area contributed by atoms with Crippen molar-refractivity contribution in [2.24, 2.45) is 5.73 Å². The van der Waals surface area contributed by atoms with Crippen molar-refractivity contribution in [3.63, 3.8) is 0 Å². The Hall–Kier alpha value is -1.85. The molecule has 0 aliphatic heterocycles. The summed E-state index contributed by atoms with van der Waals surface area (Å²) in [7, 11) is 0. The van der Waals surface area contributed by atoms with E-state index >= 15 is 0 Å². The molecule has 1 amide bonds. The zero-order chi connectivity index (χ0) is 16.2. The summed E-state index contributed by atoms with van der Waals surface area (Å²) in [6.07, 6.45) is 1.59. The average Bonchev–Trinajstić information content (AvgIpc) is 2.95. The van der Waals surface area contributed by atoms with Crippen LogP contribution in [0.1, 0.15) is 42.9 Å². The van der Waals surface area contributed by atoms with Crippen molar-refractivity contribution in [1.82, 2.24) is 15.1 Å². The highest BCUT2D eigenvalue weighted by Crippen LogP contribution is 2.16. The molecule has 1 aromatic heterocycles. The van der Waals surface area contributed by atoms with E-state index in [1.165, 1.54) is 0 Å². The van der Waals surface area contributed by atoms with Gasteiger partial charge < -0.3 is 11.1 Å². The molecule has 0 aliphatic rings. The van der Waals surface area contributed by atoms with E-state index in [1.807, 2.05) is 51.1 Å². The van der Waals surface area contributed by atoms with Crippen molar-refractivity contribution in [2.45, 2.75) is 39.2 Å². The number of aromatic nitrogens is 2. The molecule has 6 heteroatoms. The number of nitrogens with one attached hydrogen (secondary N) is 1. The smallest absolute Gasteiger partial charge is 0.272 e. The molecule has 3 N–H and O–H groups in total. The lowest BCUT2D eigenvalue weighted by Gasteiger charge is -2.31. The van der Waals surface area contributed by atoms with E-state index in [1.54, 1.807) is 10.7 Å². The number of nitrogens with zero attached hydrogens (tertiary/aromatic N) is 2. The number of benzene rings is 1. The molecule has 0 saturated carbocycles. The Kier molecular flexibility index (Phi) is 6.79. The van der Waals surface area contributed by atoms with Crippen LogP contribution in [0.3, 0.4) is 0 Å². The van der Waals surface area contributed by atoms with Crippen molar-refractivity contribution in [3.05, 3.63) is 47.8 Å². The Morgan fingerprint density at radius 1 is 1.26 bits per heavy atom. The largest absolute Gasteiger partial charge is 0.344 e. The summed E-state index contributed by atoms with van der Waals surface area (Å²) in [4.78, 5) is 12.5. The van der Waals surface area contributed by atoms with E-state index in [-0.39, 0.29) is 23.9 Å². The molecule has 0 atom stereocenters. The number of nitrogens with two attached hydrogens (primary N) is 1. The molecule has 1 aromatic carbocycles. The number of amides is 1. The van der Waals surface area contributed by atoms with Crippen LogP contribution in [0.2, 0.25) is 0 Å². The van der Waals surface area contributed by atoms with Crippen molar-refractivity contribution in [3.8, 4) is 5.69 Å². The summed E-state index contributed by atoms with van der Waals surface area (Å²) in [6.45, 7) is 6.42. The molecule has 2 rings (SSSR count). The third-order valence-corrected chi connectivity index (χ3v) is 4.24. The van der Waals surface area contributed by atoms with Gasteiger partial charge in [0.15, 0.2) is 5.69 Å². The molecule has 0 aliphatic carbocycles. The van der Waals surface area contributed by atoms with Gasteiger partial charge in [0.1, 0.15) is 0 Å². The molecule has 126 valence electrons. The zero-order valence-corrected chi connectivity index (χ0v) is 14.7. The molecule has 0 radical (unpaired) electrons. The van der Waals surface area contributed by atoms with Gasteiger partial charge in [0.25, 0.3) is 5.91 Å². The number of aryl methyl sites for hydroxylation is 1. The fraction of sp³-hybridized carbons (Fsp3) is 0.412. The Balaban J connectivity index is 0.00000264. The highest BCUT2D eigenvalue weighted by atomic mass is 35.5. The predicted molar refractivity (Wildman–Crippen MR) is 95.4 cm³/mol. The Morgan fingerprint density at radius 2 is 1.87 bits per heavy atom. The van der Waals surface area contributed by atoms with Crippen LogP contribution in [-0.4, -0.2) is 27.8 Å². The Labute approximate surface area is 143 Å². The highest BCUT2D eigenvalue weighted by Gasteiger charge is 2.28. The molecule has 5 nitrogen and oxygen atoms in total. The van der Waals surface area contributed by atoms with E-state index in [0.717, 1.165) is 24.2 Å². The van der Waals surface area contributed by atoms with Gasteiger partial charge in [0, 0.05) is 12.2 Å². The summed E-state index contributed by atoms with van der Waals surface area (Å²) in [5.41, 5.74) is 7.76. The standard InChI is InChI=1S/C17H24N4O.ClH/c1-4-17(5-2,12-18)19-16(22)15-11-13(3)21(20-15)14-9-7-6-8-10-14;/h6-11H,4-5,12,18H2,1-3H3,(H,19,22);1H. The van der Waals surface area contributed by atoms with Crippen LogP contribution in [0.4, 0.5) is 0 Å². The molecular weight excluding hydrogens is 312 g/mol. The van der Waals surface area contributed by atoms with E-state index < -0.39 is 0 Å². The van der Waals surface area contributed by atoms with Gasteiger partial charge in [0.2, 0.25) is 0 Å². The van der Waals surface area contributed by atoms with Gasteiger partial charge >= 0.3 is 0 Å². The Bertz CT molecular complexity index is 627. The third kappa shape index (κ3) is 4.12. The van der Waals surface area contributed by atoms with Gasteiger partial charge in [-0.2, -0.15) is 5.10 Å². The molecular formula is C17H25ClN4O. The van der Waals surface area contributed by atoms with Crippen LogP contribution in [0, 0.1) is 6.92 Å². The lowest BCUT2D eigenvalue weighted by Crippen LogP contribution is -2.53.